The van der Waals surface area contributed by atoms with Crippen molar-refractivity contribution < 1.29 is 4.74 Å². The zero-order valence-corrected chi connectivity index (χ0v) is 10.2. The first kappa shape index (κ1) is 12.0. The van der Waals surface area contributed by atoms with Gasteiger partial charge in [-0.3, -0.25) is 4.98 Å². The minimum atomic E-state index is 0.597. The molecule has 0 radical (unpaired) electrons. The molecule has 0 saturated heterocycles. The van der Waals surface area contributed by atoms with E-state index >= 15 is 0 Å². The quantitative estimate of drug-likeness (QED) is 0.734. The van der Waals surface area contributed by atoms with Crippen LogP contribution < -0.4 is 4.74 Å². The maximum absolute atomic E-state index is 5.21. The molecule has 84 valence electrons. The van der Waals surface area contributed by atoms with Gasteiger partial charge in [0.2, 0.25) is 0 Å². The Morgan fingerprint density at radius 1 is 1.33 bits per heavy atom. The highest BCUT2D eigenvalue weighted by Gasteiger charge is 2.11. The number of ether oxygens (including phenoxy) is 1. The number of rotatable bonds is 5. The number of pyridine rings is 1. The van der Waals surface area contributed by atoms with Crippen molar-refractivity contribution >= 4 is 0 Å². The summed E-state index contributed by atoms with van der Waals surface area (Å²) in [6.07, 6.45) is 3.59. The fourth-order valence-electron chi connectivity index (χ4n) is 1.92. The SMILES string of the molecule is CCC[C@@H](CC)c1ccc(OC)c(C)n1. The van der Waals surface area contributed by atoms with Gasteiger partial charge >= 0.3 is 0 Å². The third kappa shape index (κ3) is 2.95. The van der Waals surface area contributed by atoms with Crippen LogP contribution in [0.2, 0.25) is 0 Å². The van der Waals surface area contributed by atoms with E-state index in [1.165, 1.54) is 18.5 Å². The van der Waals surface area contributed by atoms with Crippen molar-refractivity contribution in [1.29, 1.82) is 0 Å². The molecular weight excluding hydrogens is 186 g/mol. The zero-order chi connectivity index (χ0) is 11.3. The minimum absolute atomic E-state index is 0.597. The summed E-state index contributed by atoms with van der Waals surface area (Å²) in [5, 5.41) is 0. The molecule has 0 spiro atoms. The Hall–Kier alpha value is -1.05. The van der Waals surface area contributed by atoms with Gasteiger partial charge in [0, 0.05) is 11.6 Å². The minimum Gasteiger partial charge on any atom is -0.495 e. The van der Waals surface area contributed by atoms with Crippen LogP contribution in [0.1, 0.15) is 50.4 Å². The molecule has 0 fully saturated rings. The van der Waals surface area contributed by atoms with Crippen LogP contribution in [0, 0.1) is 6.92 Å². The van der Waals surface area contributed by atoms with Crippen LogP contribution >= 0.6 is 0 Å². The summed E-state index contributed by atoms with van der Waals surface area (Å²) in [6.45, 7) is 6.45. The number of methoxy groups -OCH3 is 1. The van der Waals surface area contributed by atoms with E-state index in [1.54, 1.807) is 7.11 Å². The average molecular weight is 207 g/mol. The second-order valence-corrected chi connectivity index (χ2v) is 3.92. The van der Waals surface area contributed by atoms with Crippen LogP contribution in [-0.2, 0) is 0 Å². The molecule has 0 aromatic carbocycles. The molecule has 2 heteroatoms. The number of hydrogen-bond donors (Lipinski definition) is 0. The first-order valence-electron chi connectivity index (χ1n) is 5.74. The Balaban J connectivity index is 2.89. The van der Waals surface area contributed by atoms with Crippen molar-refractivity contribution in [2.75, 3.05) is 7.11 Å². The summed E-state index contributed by atoms with van der Waals surface area (Å²) in [6, 6.07) is 4.12. The van der Waals surface area contributed by atoms with Crippen LogP contribution in [0.15, 0.2) is 12.1 Å². The van der Waals surface area contributed by atoms with E-state index in [1.807, 2.05) is 13.0 Å². The van der Waals surface area contributed by atoms with Gasteiger partial charge in [-0.1, -0.05) is 20.3 Å². The molecule has 0 unspecified atom stereocenters. The third-order valence-corrected chi connectivity index (χ3v) is 2.83. The van der Waals surface area contributed by atoms with E-state index in [-0.39, 0.29) is 0 Å². The number of aromatic nitrogens is 1. The average Bonchev–Trinajstić information content (AvgIpc) is 2.25. The van der Waals surface area contributed by atoms with Gasteiger partial charge in [0.1, 0.15) is 5.75 Å². The molecule has 2 nitrogen and oxygen atoms in total. The molecule has 15 heavy (non-hydrogen) atoms. The van der Waals surface area contributed by atoms with E-state index in [4.69, 9.17) is 4.74 Å². The largest absolute Gasteiger partial charge is 0.495 e. The van der Waals surface area contributed by atoms with Gasteiger partial charge in [0.05, 0.1) is 12.8 Å². The molecule has 0 aliphatic heterocycles. The Morgan fingerprint density at radius 3 is 2.53 bits per heavy atom. The topological polar surface area (TPSA) is 22.1 Å². The number of aryl methyl sites for hydroxylation is 1. The fourth-order valence-corrected chi connectivity index (χ4v) is 1.92. The van der Waals surface area contributed by atoms with Gasteiger partial charge in [-0.15, -0.1) is 0 Å². The fraction of sp³-hybridized carbons (Fsp3) is 0.615. The molecule has 0 aliphatic carbocycles. The highest BCUT2D eigenvalue weighted by Crippen LogP contribution is 2.25. The molecule has 0 saturated carbocycles. The van der Waals surface area contributed by atoms with Crippen molar-refractivity contribution in [2.45, 2.75) is 46.0 Å². The van der Waals surface area contributed by atoms with Crippen LogP contribution in [0.3, 0.4) is 0 Å². The van der Waals surface area contributed by atoms with Gasteiger partial charge in [0.15, 0.2) is 0 Å². The summed E-state index contributed by atoms with van der Waals surface area (Å²) in [7, 11) is 1.69. The first-order valence-corrected chi connectivity index (χ1v) is 5.74. The van der Waals surface area contributed by atoms with E-state index in [0.29, 0.717) is 5.92 Å². The number of hydrogen-bond acceptors (Lipinski definition) is 2. The molecule has 0 amide bonds. The predicted octanol–water partition coefficient (Wildman–Crippen LogP) is 3.69. The van der Waals surface area contributed by atoms with Crippen molar-refractivity contribution in [3.63, 3.8) is 0 Å². The van der Waals surface area contributed by atoms with Crippen LogP contribution in [0.25, 0.3) is 0 Å². The lowest BCUT2D eigenvalue weighted by atomic mass is 9.96. The zero-order valence-electron chi connectivity index (χ0n) is 10.2. The Bertz CT molecular complexity index is 309. The highest BCUT2D eigenvalue weighted by molar-refractivity contribution is 5.29. The number of nitrogens with zero attached hydrogens (tertiary/aromatic N) is 1. The Kier molecular flexibility index (Phi) is 4.60. The molecule has 0 aliphatic rings. The maximum atomic E-state index is 5.21. The van der Waals surface area contributed by atoms with E-state index in [2.05, 4.69) is 24.9 Å². The second-order valence-electron chi connectivity index (χ2n) is 3.92. The van der Waals surface area contributed by atoms with Crippen LogP contribution in [-0.4, -0.2) is 12.1 Å². The van der Waals surface area contributed by atoms with Gasteiger partial charge in [-0.05, 0) is 31.9 Å². The molecule has 1 aromatic heterocycles. The van der Waals surface area contributed by atoms with E-state index in [0.717, 1.165) is 17.9 Å². The lowest BCUT2D eigenvalue weighted by molar-refractivity contribution is 0.408. The molecule has 1 rings (SSSR count). The van der Waals surface area contributed by atoms with Gasteiger partial charge in [0.25, 0.3) is 0 Å². The lowest BCUT2D eigenvalue weighted by Gasteiger charge is -2.14. The molecular formula is C13H21NO. The normalized spacial score (nSPS) is 12.5. The second kappa shape index (κ2) is 5.74. The summed E-state index contributed by atoms with van der Waals surface area (Å²) >= 11 is 0. The van der Waals surface area contributed by atoms with Crippen molar-refractivity contribution in [2.24, 2.45) is 0 Å². The van der Waals surface area contributed by atoms with Crippen LogP contribution in [0.5, 0.6) is 5.75 Å². The van der Waals surface area contributed by atoms with Crippen molar-refractivity contribution in [1.82, 2.24) is 4.98 Å². The predicted molar refractivity (Wildman–Crippen MR) is 63.5 cm³/mol. The summed E-state index contributed by atoms with van der Waals surface area (Å²) in [4.78, 5) is 4.61. The van der Waals surface area contributed by atoms with Crippen molar-refractivity contribution in [3.05, 3.63) is 23.5 Å². The van der Waals surface area contributed by atoms with E-state index in [9.17, 15) is 0 Å². The summed E-state index contributed by atoms with van der Waals surface area (Å²) in [5.41, 5.74) is 2.20. The molecule has 0 N–H and O–H groups in total. The van der Waals surface area contributed by atoms with Crippen molar-refractivity contribution in [3.8, 4) is 5.75 Å². The summed E-state index contributed by atoms with van der Waals surface area (Å²) < 4.78 is 5.21. The van der Waals surface area contributed by atoms with Gasteiger partial charge < -0.3 is 4.74 Å². The Labute approximate surface area is 92.7 Å². The molecule has 1 heterocycles. The smallest absolute Gasteiger partial charge is 0.140 e. The van der Waals surface area contributed by atoms with Gasteiger partial charge in [-0.25, -0.2) is 0 Å². The Morgan fingerprint density at radius 2 is 2.07 bits per heavy atom. The first-order chi connectivity index (χ1) is 7.22. The van der Waals surface area contributed by atoms with E-state index < -0.39 is 0 Å². The maximum Gasteiger partial charge on any atom is 0.140 e. The third-order valence-electron chi connectivity index (χ3n) is 2.83. The standard InChI is InChI=1S/C13H21NO/c1-5-7-11(6-2)12-8-9-13(15-4)10(3)14-12/h8-9,11H,5-7H2,1-4H3/t11-/m1/s1. The van der Waals surface area contributed by atoms with Gasteiger partial charge in [-0.2, -0.15) is 0 Å². The molecule has 1 aromatic rings. The molecule has 0 bridgehead atoms. The molecule has 1 atom stereocenters. The monoisotopic (exact) mass is 207 g/mol. The highest BCUT2D eigenvalue weighted by atomic mass is 16.5. The summed E-state index contributed by atoms with van der Waals surface area (Å²) in [5.74, 6) is 1.48. The lowest BCUT2D eigenvalue weighted by Crippen LogP contribution is -2.02. The van der Waals surface area contributed by atoms with Crippen LogP contribution in [0.4, 0.5) is 0 Å².